The Balaban J connectivity index is 2.21. The van der Waals surface area contributed by atoms with Crippen LogP contribution in [-0.4, -0.2) is 25.8 Å². The normalized spacial score (nSPS) is 16.4. The van der Waals surface area contributed by atoms with Crippen molar-refractivity contribution in [3.05, 3.63) is 23.8 Å². The third-order valence-corrected chi connectivity index (χ3v) is 4.35. The van der Waals surface area contributed by atoms with Gasteiger partial charge in [-0.3, -0.25) is 4.72 Å². The van der Waals surface area contributed by atoms with Crippen LogP contribution < -0.4 is 10.5 Å². The number of rotatable bonds is 3. The third kappa shape index (κ3) is 2.55. The first kappa shape index (κ1) is 12.7. The lowest BCUT2D eigenvalue weighted by Crippen LogP contribution is -2.33. The molecule has 7 heteroatoms. The molecule has 1 aliphatic heterocycles. The van der Waals surface area contributed by atoms with Gasteiger partial charge in [0, 0.05) is 13.1 Å². The minimum atomic E-state index is -3.53. The number of hydrogen-bond acceptors (Lipinski definition) is 4. The molecule has 1 heterocycles. The highest BCUT2D eigenvalue weighted by atomic mass is 32.2. The zero-order valence-corrected chi connectivity index (χ0v) is 10.6. The van der Waals surface area contributed by atoms with Crippen LogP contribution in [-0.2, 0) is 10.2 Å². The second-order valence-electron chi connectivity index (χ2n) is 4.13. The van der Waals surface area contributed by atoms with E-state index in [0.717, 1.165) is 12.8 Å². The Morgan fingerprint density at radius 3 is 2.56 bits per heavy atom. The van der Waals surface area contributed by atoms with Crippen molar-refractivity contribution < 1.29 is 8.42 Å². The fourth-order valence-electron chi connectivity index (χ4n) is 1.86. The van der Waals surface area contributed by atoms with E-state index in [2.05, 4.69) is 4.72 Å². The molecule has 1 fully saturated rings. The fourth-order valence-corrected chi connectivity index (χ4v) is 3.19. The molecule has 96 valence electrons. The highest BCUT2D eigenvalue weighted by molar-refractivity contribution is 7.90. The van der Waals surface area contributed by atoms with Crippen LogP contribution in [0, 0.1) is 11.3 Å². The van der Waals surface area contributed by atoms with Crippen LogP contribution >= 0.6 is 0 Å². The number of nitrogen functional groups attached to an aromatic ring is 1. The fraction of sp³-hybridized carbons (Fsp3) is 0.364. The van der Waals surface area contributed by atoms with Gasteiger partial charge in [0.25, 0.3) is 0 Å². The van der Waals surface area contributed by atoms with Gasteiger partial charge in [-0.2, -0.15) is 18.0 Å². The summed E-state index contributed by atoms with van der Waals surface area (Å²) in [5.74, 6) is 0. The maximum atomic E-state index is 12.0. The van der Waals surface area contributed by atoms with E-state index < -0.39 is 10.2 Å². The molecule has 2 rings (SSSR count). The van der Waals surface area contributed by atoms with Gasteiger partial charge in [-0.1, -0.05) is 0 Å². The van der Waals surface area contributed by atoms with Crippen LogP contribution in [0.25, 0.3) is 0 Å². The molecule has 0 radical (unpaired) electrons. The summed E-state index contributed by atoms with van der Waals surface area (Å²) in [5.41, 5.74) is 6.66. The molecular formula is C11H14N4O2S. The largest absolute Gasteiger partial charge is 0.397 e. The van der Waals surface area contributed by atoms with Crippen molar-refractivity contribution in [2.75, 3.05) is 23.5 Å². The molecule has 1 saturated heterocycles. The Morgan fingerprint density at radius 2 is 2.00 bits per heavy atom. The molecule has 0 unspecified atom stereocenters. The minimum Gasteiger partial charge on any atom is -0.397 e. The molecule has 18 heavy (non-hydrogen) atoms. The molecule has 0 aromatic heterocycles. The van der Waals surface area contributed by atoms with Crippen molar-refractivity contribution >= 4 is 21.6 Å². The summed E-state index contributed by atoms with van der Waals surface area (Å²) < 4.78 is 27.8. The molecule has 0 spiro atoms. The second-order valence-corrected chi connectivity index (χ2v) is 5.80. The van der Waals surface area contributed by atoms with Gasteiger partial charge in [0.05, 0.1) is 23.0 Å². The monoisotopic (exact) mass is 266 g/mol. The predicted octanol–water partition coefficient (Wildman–Crippen LogP) is 0.893. The van der Waals surface area contributed by atoms with Gasteiger partial charge >= 0.3 is 10.2 Å². The Labute approximate surface area is 106 Å². The summed E-state index contributed by atoms with van der Waals surface area (Å²) in [6, 6.07) is 6.42. The number of nitrogens with two attached hydrogens (primary N) is 1. The van der Waals surface area contributed by atoms with E-state index in [1.807, 2.05) is 6.07 Å². The summed E-state index contributed by atoms with van der Waals surface area (Å²) in [4.78, 5) is 0. The molecule has 0 bridgehead atoms. The molecule has 3 N–H and O–H groups in total. The molecule has 6 nitrogen and oxygen atoms in total. The SMILES string of the molecule is N#Cc1ccc(NS(=O)(=O)N2CCCC2)c(N)c1. The molecule has 0 saturated carbocycles. The summed E-state index contributed by atoms with van der Waals surface area (Å²) in [7, 11) is -3.53. The first-order chi connectivity index (χ1) is 8.53. The number of anilines is 2. The van der Waals surface area contributed by atoms with E-state index in [-0.39, 0.29) is 5.69 Å². The van der Waals surface area contributed by atoms with Crippen LogP contribution in [0.2, 0.25) is 0 Å². The zero-order valence-electron chi connectivity index (χ0n) is 9.76. The minimum absolute atomic E-state index is 0.247. The van der Waals surface area contributed by atoms with Crippen LogP contribution in [0.3, 0.4) is 0 Å². The van der Waals surface area contributed by atoms with Gasteiger partial charge in [-0.15, -0.1) is 0 Å². The molecule has 1 aromatic carbocycles. The topological polar surface area (TPSA) is 99.2 Å². The van der Waals surface area contributed by atoms with Gasteiger partial charge in [0.2, 0.25) is 0 Å². The number of hydrogen-bond donors (Lipinski definition) is 2. The maximum Gasteiger partial charge on any atom is 0.301 e. The Bertz CT molecular complexity index is 586. The number of nitriles is 1. The number of benzene rings is 1. The summed E-state index contributed by atoms with van der Waals surface area (Å²) in [6.45, 7) is 1.07. The van der Waals surface area contributed by atoms with Crippen molar-refractivity contribution in [1.82, 2.24) is 4.31 Å². The van der Waals surface area contributed by atoms with E-state index in [4.69, 9.17) is 11.0 Å². The smallest absolute Gasteiger partial charge is 0.301 e. The Hall–Kier alpha value is -1.78. The molecular weight excluding hydrogens is 252 g/mol. The van der Waals surface area contributed by atoms with Crippen molar-refractivity contribution in [2.24, 2.45) is 0 Å². The average molecular weight is 266 g/mol. The third-order valence-electron chi connectivity index (χ3n) is 2.82. The second kappa shape index (κ2) is 4.84. The van der Waals surface area contributed by atoms with Gasteiger partial charge in [-0.05, 0) is 31.0 Å². The van der Waals surface area contributed by atoms with Crippen LogP contribution in [0.1, 0.15) is 18.4 Å². The van der Waals surface area contributed by atoms with E-state index in [0.29, 0.717) is 24.3 Å². The van der Waals surface area contributed by atoms with Crippen LogP contribution in [0.15, 0.2) is 18.2 Å². The molecule has 0 atom stereocenters. The summed E-state index contributed by atoms with van der Waals surface area (Å²) >= 11 is 0. The van der Waals surface area contributed by atoms with E-state index in [9.17, 15) is 8.42 Å². The summed E-state index contributed by atoms with van der Waals surface area (Å²) in [6.07, 6.45) is 1.76. The van der Waals surface area contributed by atoms with Crippen molar-refractivity contribution in [3.8, 4) is 6.07 Å². The van der Waals surface area contributed by atoms with Crippen molar-refractivity contribution in [2.45, 2.75) is 12.8 Å². The maximum absolute atomic E-state index is 12.0. The standard InChI is InChI=1S/C11H14N4O2S/c12-8-9-3-4-11(10(13)7-9)14-18(16,17)15-5-1-2-6-15/h3-4,7,14H,1-2,5-6,13H2. The lowest BCUT2D eigenvalue weighted by Gasteiger charge is -2.17. The van der Waals surface area contributed by atoms with Crippen LogP contribution in [0.4, 0.5) is 11.4 Å². The van der Waals surface area contributed by atoms with Gasteiger partial charge in [0.15, 0.2) is 0 Å². The molecule has 1 aromatic rings. The molecule has 0 amide bonds. The average Bonchev–Trinajstić information content (AvgIpc) is 2.86. The van der Waals surface area contributed by atoms with Crippen LogP contribution in [0.5, 0.6) is 0 Å². The van der Waals surface area contributed by atoms with Gasteiger partial charge < -0.3 is 5.73 Å². The highest BCUT2D eigenvalue weighted by Gasteiger charge is 2.25. The van der Waals surface area contributed by atoms with Gasteiger partial charge in [-0.25, -0.2) is 0 Å². The lowest BCUT2D eigenvalue weighted by molar-refractivity contribution is 0.482. The number of nitrogens with zero attached hydrogens (tertiary/aromatic N) is 2. The predicted molar refractivity (Wildman–Crippen MR) is 68.9 cm³/mol. The first-order valence-electron chi connectivity index (χ1n) is 5.60. The Kier molecular flexibility index (Phi) is 3.41. The van der Waals surface area contributed by atoms with Gasteiger partial charge in [0.1, 0.15) is 0 Å². The van der Waals surface area contributed by atoms with Crippen molar-refractivity contribution in [1.29, 1.82) is 5.26 Å². The first-order valence-corrected chi connectivity index (χ1v) is 7.04. The lowest BCUT2D eigenvalue weighted by atomic mass is 10.2. The summed E-state index contributed by atoms with van der Waals surface area (Å²) in [5, 5.41) is 8.71. The van der Waals surface area contributed by atoms with E-state index in [1.54, 1.807) is 0 Å². The number of nitrogens with one attached hydrogen (secondary N) is 1. The van der Waals surface area contributed by atoms with Crippen molar-refractivity contribution in [3.63, 3.8) is 0 Å². The molecule has 1 aliphatic rings. The van der Waals surface area contributed by atoms with E-state index in [1.165, 1.54) is 22.5 Å². The highest BCUT2D eigenvalue weighted by Crippen LogP contribution is 2.23. The zero-order chi connectivity index (χ0) is 13.2. The Morgan fingerprint density at radius 1 is 1.33 bits per heavy atom. The van der Waals surface area contributed by atoms with E-state index >= 15 is 0 Å². The molecule has 0 aliphatic carbocycles. The quantitative estimate of drug-likeness (QED) is 0.794.